The Morgan fingerprint density at radius 2 is 1.81 bits per heavy atom. The molecule has 1 N–H and O–H groups in total. The highest BCUT2D eigenvalue weighted by atomic mass is 32.1. The molecule has 0 bridgehead atoms. The first kappa shape index (κ1) is 25.1. The highest BCUT2D eigenvalue weighted by Crippen LogP contribution is 2.47. The summed E-state index contributed by atoms with van der Waals surface area (Å²) >= 11 is 4.69. The highest BCUT2D eigenvalue weighted by molar-refractivity contribution is 7.81. The van der Waals surface area contributed by atoms with E-state index < -0.39 is 6.04 Å². The highest BCUT2D eigenvalue weighted by Gasteiger charge is 2.45. The fourth-order valence-corrected chi connectivity index (χ4v) is 6.41. The standard InChI is InChI=1S/C28H36N4O3S/c1-30-15-7-12-25(30)26(33)29-23(19-35-18-21-8-3-2-4-9-21)27(34)31-16-13-28(14-17-31)20-32(36)24-11-6-5-10-22(24)28/h2-6,8-11,23,25,36H,7,12-20H2,1H3,(H,29,33)/t23-,25-/m1/s1. The molecule has 2 aromatic carbocycles. The van der Waals surface area contributed by atoms with Crippen LogP contribution in [0, 0.1) is 0 Å². The number of anilines is 1. The minimum atomic E-state index is -0.693. The fraction of sp³-hybridized carbons (Fsp3) is 0.500. The molecule has 2 saturated heterocycles. The number of likely N-dealkylation sites (N-methyl/N-ethyl adjacent to an activating group) is 1. The number of hydrogen-bond acceptors (Lipinski definition) is 6. The van der Waals surface area contributed by atoms with Gasteiger partial charge in [-0.15, -0.1) is 0 Å². The zero-order chi connectivity index (χ0) is 25.1. The normalized spacial score (nSPS) is 22.0. The number of fused-ring (bicyclic) bond motifs is 2. The van der Waals surface area contributed by atoms with Crippen molar-refractivity contribution in [1.29, 1.82) is 0 Å². The molecule has 36 heavy (non-hydrogen) atoms. The number of carbonyl (C=O) groups is 2. The van der Waals surface area contributed by atoms with E-state index >= 15 is 0 Å². The van der Waals surface area contributed by atoms with Crippen LogP contribution in [-0.2, 0) is 26.3 Å². The molecule has 5 rings (SSSR count). The van der Waals surface area contributed by atoms with Crippen LogP contribution in [0.15, 0.2) is 54.6 Å². The van der Waals surface area contributed by atoms with E-state index in [0.717, 1.165) is 44.3 Å². The van der Waals surface area contributed by atoms with E-state index in [0.29, 0.717) is 19.7 Å². The van der Waals surface area contributed by atoms with Gasteiger partial charge in [-0.1, -0.05) is 61.3 Å². The van der Waals surface area contributed by atoms with Crippen LogP contribution < -0.4 is 9.62 Å². The second-order valence-electron chi connectivity index (χ2n) is 10.4. The molecule has 2 atom stereocenters. The number of benzene rings is 2. The van der Waals surface area contributed by atoms with Crippen molar-refractivity contribution in [1.82, 2.24) is 15.1 Å². The maximum atomic E-state index is 13.7. The van der Waals surface area contributed by atoms with Crippen LogP contribution in [0.4, 0.5) is 5.69 Å². The molecule has 0 aliphatic carbocycles. The SMILES string of the molecule is CN1CCC[C@@H]1C(=O)N[C@H](COCc1ccccc1)C(=O)N1CCC2(CC1)CN(S)c1ccccc12. The van der Waals surface area contributed by atoms with E-state index in [1.54, 1.807) is 0 Å². The van der Waals surface area contributed by atoms with Gasteiger partial charge in [0.1, 0.15) is 6.04 Å². The van der Waals surface area contributed by atoms with Gasteiger partial charge in [-0.2, -0.15) is 0 Å². The monoisotopic (exact) mass is 508 g/mol. The van der Waals surface area contributed by atoms with Gasteiger partial charge in [0.2, 0.25) is 11.8 Å². The Labute approximate surface area is 219 Å². The molecule has 2 fully saturated rings. The van der Waals surface area contributed by atoms with Gasteiger partial charge < -0.3 is 19.3 Å². The van der Waals surface area contributed by atoms with Crippen LogP contribution >= 0.6 is 12.8 Å². The van der Waals surface area contributed by atoms with Gasteiger partial charge in [0.15, 0.2) is 0 Å². The van der Waals surface area contributed by atoms with Crippen LogP contribution in [0.2, 0.25) is 0 Å². The van der Waals surface area contributed by atoms with Crippen LogP contribution in [-0.4, -0.2) is 73.5 Å². The predicted molar refractivity (Wildman–Crippen MR) is 144 cm³/mol. The average molecular weight is 509 g/mol. The number of carbonyl (C=O) groups excluding carboxylic acids is 2. The second-order valence-corrected chi connectivity index (χ2v) is 10.9. The minimum Gasteiger partial charge on any atom is -0.374 e. The van der Waals surface area contributed by atoms with Crippen molar-refractivity contribution in [2.75, 3.05) is 44.1 Å². The fourth-order valence-electron chi connectivity index (χ4n) is 5.96. The van der Waals surface area contributed by atoms with Crippen molar-refractivity contribution >= 4 is 30.3 Å². The number of amides is 2. The third kappa shape index (κ3) is 5.12. The van der Waals surface area contributed by atoms with Crippen molar-refractivity contribution in [3.63, 3.8) is 0 Å². The predicted octanol–water partition coefficient (Wildman–Crippen LogP) is 3.01. The van der Waals surface area contributed by atoms with E-state index in [1.165, 1.54) is 11.3 Å². The molecular weight excluding hydrogens is 472 g/mol. The van der Waals surface area contributed by atoms with Crippen LogP contribution in [0.1, 0.15) is 36.8 Å². The molecule has 0 aromatic heterocycles. The Morgan fingerprint density at radius 3 is 2.53 bits per heavy atom. The number of ether oxygens (including phenoxy) is 1. The van der Waals surface area contributed by atoms with Crippen LogP contribution in [0.25, 0.3) is 0 Å². The number of likely N-dealkylation sites (tertiary alicyclic amines) is 2. The van der Waals surface area contributed by atoms with Crippen molar-refractivity contribution in [3.05, 3.63) is 65.7 Å². The zero-order valence-corrected chi connectivity index (χ0v) is 21.8. The molecule has 1 spiro atoms. The van der Waals surface area contributed by atoms with E-state index in [1.807, 2.05) is 52.7 Å². The Bertz CT molecular complexity index is 1070. The van der Waals surface area contributed by atoms with Gasteiger partial charge in [0, 0.05) is 25.0 Å². The molecule has 2 aromatic rings. The van der Waals surface area contributed by atoms with Gasteiger partial charge in [-0.3, -0.25) is 14.5 Å². The number of piperidine rings is 1. The molecule has 192 valence electrons. The van der Waals surface area contributed by atoms with Gasteiger partial charge in [-0.25, -0.2) is 0 Å². The summed E-state index contributed by atoms with van der Waals surface area (Å²) in [6.07, 6.45) is 3.57. The van der Waals surface area contributed by atoms with Gasteiger partial charge in [0.25, 0.3) is 0 Å². The third-order valence-electron chi connectivity index (χ3n) is 8.07. The maximum Gasteiger partial charge on any atom is 0.247 e. The Balaban J connectivity index is 1.25. The summed E-state index contributed by atoms with van der Waals surface area (Å²) in [5, 5.41) is 3.04. The van der Waals surface area contributed by atoms with E-state index in [-0.39, 0.29) is 29.9 Å². The minimum absolute atomic E-state index is 0.0181. The molecule has 2 amide bonds. The zero-order valence-electron chi connectivity index (χ0n) is 20.9. The first-order chi connectivity index (χ1) is 17.5. The third-order valence-corrected chi connectivity index (χ3v) is 8.43. The average Bonchev–Trinajstić information content (AvgIpc) is 3.45. The molecule has 8 heteroatoms. The first-order valence-corrected chi connectivity index (χ1v) is 13.3. The summed E-state index contributed by atoms with van der Waals surface area (Å²) in [5.41, 5.74) is 3.55. The van der Waals surface area contributed by atoms with Crippen molar-refractivity contribution in [3.8, 4) is 0 Å². The summed E-state index contributed by atoms with van der Waals surface area (Å²) in [7, 11) is 1.97. The molecule has 3 heterocycles. The lowest BCUT2D eigenvalue weighted by molar-refractivity contribution is -0.140. The molecule has 0 radical (unpaired) electrons. The largest absolute Gasteiger partial charge is 0.374 e. The molecule has 7 nitrogen and oxygen atoms in total. The smallest absolute Gasteiger partial charge is 0.247 e. The Morgan fingerprint density at radius 1 is 1.08 bits per heavy atom. The van der Waals surface area contributed by atoms with E-state index in [4.69, 9.17) is 17.6 Å². The Hall–Kier alpha value is -2.55. The van der Waals surface area contributed by atoms with Crippen LogP contribution in [0.5, 0.6) is 0 Å². The van der Waals surface area contributed by atoms with Crippen LogP contribution in [0.3, 0.4) is 0 Å². The Kier molecular flexibility index (Phi) is 7.55. The lowest BCUT2D eigenvalue weighted by Gasteiger charge is -2.40. The summed E-state index contributed by atoms with van der Waals surface area (Å²) in [5.74, 6) is -0.137. The maximum absolute atomic E-state index is 13.7. The molecule has 3 aliphatic heterocycles. The van der Waals surface area contributed by atoms with Crippen molar-refractivity contribution < 1.29 is 14.3 Å². The molecule has 0 unspecified atom stereocenters. The quantitative estimate of drug-likeness (QED) is 0.563. The number of nitrogens with one attached hydrogen (secondary N) is 1. The molecular formula is C28H36N4O3S. The van der Waals surface area contributed by atoms with Gasteiger partial charge in [0.05, 0.1) is 24.9 Å². The van der Waals surface area contributed by atoms with Crippen molar-refractivity contribution in [2.45, 2.75) is 49.8 Å². The number of rotatable bonds is 7. The number of para-hydroxylation sites is 1. The summed E-state index contributed by atoms with van der Waals surface area (Å²) in [6.45, 7) is 3.63. The van der Waals surface area contributed by atoms with Gasteiger partial charge in [-0.05, 0) is 56.5 Å². The van der Waals surface area contributed by atoms with Gasteiger partial charge >= 0.3 is 0 Å². The topological polar surface area (TPSA) is 65.1 Å². The lowest BCUT2D eigenvalue weighted by atomic mass is 9.74. The van der Waals surface area contributed by atoms with Crippen molar-refractivity contribution in [2.24, 2.45) is 0 Å². The second kappa shape index (κ2) is 10.8. The van der Waals surface area contributed by atoms with E-state index in [2.05, 4.69) is 28.4 Å². The number of hydrogen-bond donors (Lipinski definition) is 2. The number of nitrogens with zero attached hydrogens (tertiary/aromatic N) is 3. The molecule has 3 aliphatic rings. The molecule has 0 saturated carbocycles. The summed E-state index contributed by atoms with van der Waals surface area (Å²) < 4.78 is 7.98. The number of thiol groups is 1. The summed E-state index contributed by atoms with van der Waals surface area (Å²) in [4.78, 5) is 30.7. The van der Waals surface area contributed by atoms with E-state index in [9.17, 15) is 9.59 Å². The lowest BCUT2D eigenvalue weighted by Crippen LogP contribution is -2.56. The first-order valence-electron chi connectivity index (χ1n) is 12.9. The summed E-state index contributed by atoms with van der Waals surface area (Å²) in [6, 6.07) is 17.5.